The molecule has 0 saturated heterocycles. The van der Waals surface area contributed by atoms with Crippen molar-refractivity contribution in [2.24, 2.45) is 0 Å². The Hall–Kier alpha value is -1.87. The molecule has 0 spiro atoms. The van der Waals surface area contributed by atoms with Crippen LogP contribution >= 0.6 is 0 Å². The Morgan fingerprint density at radius 1 is 1.00 bits per heavy atom. The molecule has 1 atom stereocenters. The van der Waals surface area contributed by atoms with E-state index in [4.69, 9.17) is 0 Å². The van der Waals surface area contributed by atoms with Gasteiger partial charge in [-0.2, -0.15) is 0 Å². The van der Waals surface area contributed by atoms with Crippen LogP contribution in [0.2, 0.25) is 0 Å². The Labute approximate surface area is 164 Å². The molecule has 3 heteroatoms. The van der Waals surface area contributed by atoms with Crippen LogP contribution in [0.25, 0.3) is 0 Å². The molecule has 0 heterocycles. The molecule has 0 N–H and O–H groups in total. The lowest BCUT2D eigenvalue weighted by atomic mass is 10.0. The summed E-state index contributed by atoms with van der Waals surface area (Å²) in [5, 5.41) is 0. The Bertz CT molecular complexity index is 713. The van der Waals surface area contributed by atoms with Gasteiger partial charge in [-0.1, -0.05) is 31.2 Å². The number of hydrogen-bond donors (Lipinski definition) is 0. The number of nitrogens with zero attached hydrogens (tertiary/aromatic N) is 2. The van der Waals surface area contributed by atoms with Crippen molar-refractivity contribution < 1.29 is 8.87 Å². The standard InChI is InChI=1S/C24H34FN2/c1-5-24(27(3,4)6-2)15-16-26(22-13-11-21(25)12-14-22)23-17-19-9-7-8-10-20(19)18-23/h7-14,23-24H,5-6,15-18H2,1-4H3/q+1. The van der Waals surface area contributed by atoms with Gasteiger partial charge in [0.15, 0.2) is 0 Å². The molecule has 0 amide bonds. The summed E-state index contributed by atoms with van der Waals surface area (Å²) in [5.41, 5.74) is 4.07. The molecule has 3 rings (SSSR count). The average Bonchev–Trinajstić information content (AvgIpc) is 3.10. The maximum atomic E-state index is 13.5. The van der Waals surface area contributed by atoms with Crippen molar-refractivity contribution >= 4 is 5.69 Å². The van der Waals surface area contributed by atoms with Gasteiger partial charge in [0.25, 0.3) is 0 Å². The summed E-state index contributed by atoms with van der Waals surface area (Å²) in [7, 11) is 4.67. The lowest BCUT2D eigenvalue weighted by Crippen LogP contribution is -2.50. The van der Waals surface area contributed by atoms with E-state index in [0.29, 0.717) is 12.1 Å². The van der Waals surface area contributed by atoms with Gasteiger partial charge in [-0.3, -0.25) is 0 Å². The molecule has 0 fully saturated rings. The van der Waals surface area contributed by atoms with E-state index in [1.54, 1.807) is 12.1 Å². The van der Waals surface area contributed by atoms with Gasteiger partial charge in [-0.25, -0.2) is 4.39 Å². The topological polar surface area (TPSA) is 3.24 Å². The van der Waals surface area contributed by atoms with Crippen LogP contribution in [0.4, 0.5) is 10.1 Å². The van der Waals surface area contributed by atoms with Gasteiger partial charge in [0.05, 0.1) is 26.7 Å². The fourth-order valence-corrected chi connectivity index (χ4v) is 4.51. The lowest BCUT2D eigenvalue weighted by molar-refractivity contribution is -0.913. The second-order valence-electron chi connectivity index (χ2n) is 8.45. The minimum Gasteiger partial charge on any atom is -0.368 e. The Balaban J connectivity index is 1.80. The first-order valence-corrected chi connectivity index (χ1v) is 10.4. The zero-order valence-corrected chi connectivity index (χ0v) is 17.3. The maximum absolute atomic E-state index is 13.5. The Morgan fingerprint density at radius 2 is 1.59 bits per heavy atom. The van der Waals surface area contributed by atoms with Crippen LogP contribution < -0.4 is 4.90 Å². The largest absolute Gasteiger partial charge is 0.368 e. The van der Waals surface area contributed by atoms with Crippen molar-refractivity contribution in [1.29, 1.82) is 0 Å². The maximum Gasteiger partial charge on any atom is 0.123 e. The molecular formula is C24H34FN2+. The third-order valence-corrected chi connectivity index (χ3v) is 6.61. The Morgan fingerprint density at radius 3 is 2.11 bits per heavy atom. The predicted molar refractivity (Wildman–Crippen MR) is 113 cm³/mol. The van der Waals surface area contributed by atoms with E-state index in [0.717, 1.165) is 42.5 Å². The summed E-state index contributed by atoms with van der Waals surface area (Å²) in [6, 6.07) is 17.0. The monoisotopic (exact) mass is 369 g/mol. The number of benzene rings is 2. The van der Waals surface area contributed by atoms with Crippen LogP contribution in [0.1, 0.15) is 37.8 Å². The molecule has 0 aromatic heterocycles. The molecule has 0 saturated carbocycles. The molecule has 1 unspecified atom stereocenters. The average molecular weight is 370 g/mol. The minimum absolute atomic E-state index is 0.163. The van der Waals surface area contributed by atoms with Gasteiger partial charge in [0, 0.05) is 24.7 Å². The predicted octanol–water partition coefficient (Wildman–Crippen LogP) is 5.06. The minimum atomic E-state index is -0.163. The first-order chi connectivity index (χ1) is 12.9. The van der Waals surface area contributed by atoms with Gasteiger partial charge in [0.2, 0.25) is 0 Å². The number of fused-ring (bicyclic) bond motifs is 1. The number of halogens is 1. The third-order valence-electron chi connectivity index (χ3n) is 6.61. The zero-order chi connectivity index (χ0) is 19.4. The van der Waals surface area contributed by atoms with Crippen LogP contribution in [0.15, 0.2) is 48.5 Å². The number of quaternary nitrogens is 1. The molecule has 1 aliphatic carbocycles. The van der Waals surface area contributed by atoms with Crippen LogP contribution in [0, 0.1) is 5.82 Å². The number of anilines is 1. The molecule has 2 aromatic rings. The molecule has 27 heavy (non-hydrogen) atoms. The first kappa shape index (κ1) is 19.9. The molecular weight excluding hydrogens is 335 g/mol. The van der Waals surface area contributed by atoms with E-state index in [1.165, 1.54) is 17.5 Å². The molecule has 0 radical (unpaired) electrons. The van der Waals surface area contributed by atoms with Gasteiger partial charge < -0.3 is 9.38 Å². The van der Waals surface area contributed by atoms with E-state index in [-0.39, 0.29) is 5.82 Å². The van der Waals surface area contributed by atoms with Gasteiger partial charge in [-0.15, -0.1) is 0 Å². The first-order valence-electron chi connectivity index (χ1n) is 10.4. The fraction of sp³-hybridized carbons (Fsp3) is 0.500. The van der Waals surface area contributed by atoms with E-state index in [2.05, 4.69) is 57.1 Å². The summed E-state index contributed by atoms with van der Waals surface area (Å²) in [4.78, 5) is 2.53. The highest BCUT2D eigenvalue weighted by atomic mass is 19.1. The van der Waals surface area contributed by atoms with Gasteiger partial charge in [-0.05, 0) is 61.6 Å². The van der Waals surface area contributed by atoms with Crippen molar-refractivity contribution in [2.45, 2.75) is 51.6 Å². The van der Waals surface area contributed by atoms with Crippen molar-refractivity contribution in [2.75, 3.05) is 32.1 Å². The molecule has 146 valence electrons. The van der Waals surface area contributed by atoms with E-state index in [9.17, 15) is 4.39 Å². The van der Waals surface area contributed by atoms with Gasteiger partial charge in [0.1, 0.15) is 5.82 Å². The SMILES string of the molecule is CCC(CCN(c1ccc(F)cc1)C1Cc2ccccc2C1)[N+](C)(C)CC. The normalized spacial score (nSPS) is 15.6. The molecule has 2 aromatic carbocycles. The summed E-state index contributed by atoms with van der Waals surface area (Å²) < 4.78 is 14.5. The smallest absolute Gasteiger partial charge is 0.123 e. The second-order valence-corrected chi connectivity index (χ2v) is 8.45. The number of hydrogen-bond acceptors (Lipinski definition) is 1. The summed E-state index contributed by atoms with van der Waals surface area (Å²) in [6.07, 6.45) is 4.50. The quantitative estimate of drug-likeness (QED) is 0.588. The van der Waals surface area contributed by atoms with Crippen molar-refractivity contribution in [3.8, 4) is 0 Å². The van der Waals surface area contributed by atoms with Gasteiger partial charge >= 0.3 is 0 Å². The fourth-order valence-electron chi connectivity index (χ4n) is 4.51. The second kappa shape index (κ2) is 8.43. The highest BCUT2D eigenvalue weighted by molar-refractivity contribution is 5.50. The Kier molecular flexibility index (Phi) is 6.21. The van der Waals surface area contributed by atoms with E-state index < -0.39 is 0 Å². The summed E-state index contributed by atoms with van der Waals surface area (Å²) >= 11 is 0. The summed E-state index contributed by atoms with van der Waals surface area (Å²) in [6.45, 7) is 6.73. The van der Waals surface area contributed by atoms with Crippen LogP contribution in [-0.2, 0) is 12.8 Å². The van der Waals surface area contributed by atoms with Crippen molar-refractivity contribution in [3.63, 3.8) is 0 Å². The highest BCUT2D eigenvalue weighted by Gasteiger charge is 2.30. The van der Waals surface area contributed by atoms with E-state index in [1.807, 2.05) is 12.1 Å². The van der Waals surface area contributed by atoms with Crippen molar-refractivity contribution in [1.82, 2.24) is 0 Å². The molecule has 1 aliphatic rings. The van der Waals surface area contributed by atoms with Crippen LogP contribution in [0.5, 0.6) is 0 Å². The molecule has 2 nitrogen and oxygen atoms in total. The third kappa shape index (κ3) is 4.52. The molecule has 0 bridgehead atoms. The number of rotatable bonds is 8. The van der Waals surface area contributed by atoms with E-state index >= 15 is 0 Å². The van der Waals surface area contributed by atoms with Crippen molar-refractivity contribution in [3.05, 3.63) is 65.5 Å². The van der Waals surface area contributed by atoms with Crippen LogP contribution in [-0.4, -0.2) is 43.8 Å². The highest BCUT2D eigenvalue weighted by Crippen LogP contribution is 2.30. The zero-order valence-electron chi connectivity index (χ0n) is 17.3. The molecule has 0 aliphatic heterocycles. The lowest BCUT2D eigenvalue weighted by Gasteiger charge is -2.39. The summed E-state index contributed by atoms with van der Waals surface area (Å²) in [5.74, 6) is -0.163. The van der Waals surface area contributed by atoms with Crippen LogP contribution in [0.3, 0.4) is 0 Å².